The third-order valence-corrected chi connectivity index (χ3v) is 7.18. The van der Waals surface area contributed by atoms with Crippen molar-refractivity contribution in [3.63, 3.8) is 0 Å². The summed E-state index contributed by atoms with van der Waals surface area (Å²) in [6.45, 7) is 6.60. The normalized spacial score (nSPS) is 17.8. The molecule has 0 bridgehead atoms. The molecule has 0 aliphatic carbocycles. The Morgan fingerprint density at radius 2 is 1.47 bits per heavy atom. The van der Waals surface area contributed by atoms with E-state index >= 15 is 0 Å². The Bertz CT molecular complexity index is 1190. The lowest BCUT2D eigenvalue weighted by molar-refractivity contribution is -0.138. The number of carbonyl (C=O) groups excluding carboxylic acids is 1. The molecule has 0 radical (unpaired) electrons. The summed E-state index contributed by atoms with van der Waals surface area (Å²) in [5.74, 6) is -0.144. The zero-order valence-corrected chi connectivity index (χ0v) is 20.9. The zero-order chi connectivity index (χ0) is 25.9. The highest BCUT2D eigenvalue weighted by atomic mass is 19.4. The van der Waals surface area contributed by atoms with Gasteiger partial charge >= 0.3 is 6.18 Å². The van der Waals surface area contributed by atoms with Crippen LogP contribution in [-0.2, 0) is 22.9 Å². The first kappa shape index (κ1) is 25.9. The average molecular weight is 496 g/mol. The molecule has 1 heterocycles. The fourth-order valence-corrected chi connectivity index (χ4v) is 5.27. The number of fused-ring (bicyclic) bond motifs is 1. The summed E-state index contributed by atoms with van der Waals surface area (Å²) in [6, 6.07) is 22.9. The molecular weight excluding hydrogens is 463 g/mol. The summed E-state index contributed by atoms with van der Waals surface area (Å²) in [4.78, 5) is 16.7. The average Bonchev–Trinajstić information content (AvgIpc) is 3.13. The van der Waals surface area contributed by atoms with Gasteiger partial charge in [-0.1, -0.05) is 80.6 Å². The lowest BCUT2D eigenvalue weighted by Gasteiger charge is -2.34. The first-order valence-electron chi connectivity index (χ1n) is 12.3. The van der Waals surface area contributed by atoms with Gasteiger partial charge in [-0.05, 0) is 54.9 Å². The molecule has 3 aromatic rings. The fraction of sp³-hybridized carbons (Fsp3) is 0.345. The zero-order valence-electron chi connectivity index (χ0n) is 20.9. The maximum Gasteiger partial charge on any atom is 0.416 e. The van der Waals surface area contributed by atoms with Gasteiger partial charge in [-0.25, -0.2) is 10.0 Å². The monoisotopic (exact) mass is 495 g/mol. The van der Waals surface area contributed by atoms with Crippen molar-refractivity contribution in [2.45, 2.75) is 38.4 Å². The molecule has 1 atom stereocenters. The van der Waals surface area contributed by atoms with Crippen LogP contribution in [0.1, 0.15) is 42.5 Å². The minimum absolute atomic E-state index is 0.0589. The second-order valence-corrected chi connectivity index (χ2v) is 9.15. The van der Waals surface area contributed by atoms with Gasteiger partial charge in [0.2, 0.25) is 0 Å². The quantitative estimate of drug-likeness (QED) is 0.358. The molecule has 4 rings (SSSR count). The van der Waals surface area contributed by atoms with Crippen molar-refractivity contribution in [2.24, 2.45) is 0 Å². The van der Waals surface area contributed by atoms with E-state index in [2.05, 4.69) is 18.7 Å². The fourth-order valence-electron chi connectivity index (χ4n) is 5.27. The number of rotatable bonds is 9. The molecule has 3 aromatic carbocycles. The smallest absolute Gasteiger partial charge is 0.304 e. The number of carbonyl (C=O) groups is 1. The molecule has 1 aliphatic rings. The van der Waals surface area contributed by atoms with E-state index in [-0.39, 0.29) is 18.0 Å². The third-order valence-electron chi connectivity index (χ3n) is 7.18. The highest BCUT2D eigenvalue weighted by Gasteiger charge is 2.53. The van der Waals surface area contributed by atoms with Crippen molar-refractivity contribution in [2.75, 3.05) is 31.7 Å². The predicted octanol–water partition coefficient (Wildman–Crippen LogP) is 6.12. The van der Waals surface area contributed by atoms with E-state index in [1.54, 1.807) is 23.1 Å². The number of hydrogen-bond donors (Lipinski definition) is 0. The van der Waals surface area contributed by atoms with E-state index in [1.165, 1.54) is 12.1 Å². The van der Waals surface area contributed by atoms with Gasteiger partial charge in [0.15, 0.2) is 0 Å². The molecule has 1 amide bonds. The van der Waals surface area contributed by atoms with E-state index < -0.39 is 17.2 Å². The van der Waals surface area contributed by atoms with Crippen molar-refractivity contribution in [3.8, 4) is 0 Å². The van der Waals surface area contributed by atoms with Crippen LogP contribution < -0.4 is 5.01 Å². The minimum Gasteiger partial charge on any atom is -0.304 e. The van der Waals surface area contributed by atoms with Crippen LogP contribution in [0.25, 0.3) is 0 Å². The van der Waals surface area contributed by atoms with Crippen LogP contribution in [0.3, 0.4) is 0 Å². The van der Waals surface area contributed by atoms with E-state index in [4.69, 9.17) is 0 Å². The molecule has 0 aromatic heterocycles. The Morgan fingerprint density at radius 1 is 0.861 bits per heavy atom. The molecule has 0 saturated carbocycles. The van der Waals surface area contributed by atoms with Crippen LogP contribution in [0.2, 0.25) is 0 Å². The summed E-state index contributed by atoms with van der Waals surface area (Å²) in [7, 11) is 1.67. The standard InChI is InChI=1S/C29H32F3N3O/c1-4-34(5-2)20-19-28(23-14-7-6-8-15-23)25-17-11-12-18-26(25)35(27(28)36)33(3)21-22-13-9-10-16-24(22)29(30,31)32/h6-18H,4-5,19-21H2,1-3H3. The number of anilines is 1. The van der Waals surface area contributed by atoms with E-state index in [0.717, 1.165) is 36.8 Å². The van der Waals surface area contributed by atoms with Gasteiger partial charge in [0, 0.05) is 13.6 Å². The number of alkyl halides is 3. The molecule has 0 fully saturated rings. The van der Waals surface area contributed by atoms with E-state index in [1.807, 2.05) is 54.6 Å². The first-order chi connectivity index (χ1) is 17.2. The van der Waals surface area contributed by atoms with Crippen molar-refractivity contribution in [3.05, 3.63) is 101 Å². The van der Waals surface area contributed by atoms with Crippen LogP contribution >= 0.6 is 0 Å². The molecule has 4 nitrogen and oxygen atoms in total. The molecule has 0 saturated heterocycles. The SMILES string of the molecule is CCN(CC)CCC1(c2ccccc2)C(=O)N(N(C)Cc2ccccc2C(F)(F)F)c2ccccc21. The van der Waals surface area contributed by atoms with Gasteiger partial charge in [-0.2, -0.15) is 13.2 Å². The Hall–Kier alpha value is -3.16. The highest BCUT2D eigenvalue weighted by molar-refractivity contribution is 6.09. The van der Waals surface area contributed by atoms with Crippen LogP contribution in [-0.4, -0.2) is 42.5 Å². The summed E-state index contributed by atoms with van der Waals surface area (Å²) < 4.78 is 41.0. The summed E-state index contributed by atoms with van der Waals surface area (Å²) in [5, 5.41) is 3.17. The second-order valence-electron chi connectivity index (χ2n) is 9.15. The van der Waals surface area contributed by atoms with Gasteiger partial charge in [0.1, 0.15) is 5.41 Å². The van der Waals surface area contributed by atoms with Gasteiger partial charge in [0.05, 0.1) is 11.3 Å². The number of benzene rings is 3. The number of hydrazine groups is 1. The first-order valence-corrected chi connectivity index (χ1v) is 12.3. The third kappa shape index (κ3) is 4.65. The maximum atomic E-state index is 14.4. The molecule has 190 valence electrons. The second kappa shape index (κ2) is 10.4. The lowest BCUT2D eigenvalue weighted by atomic mass is 9.72. The Labute approximate surface area is 210 Å². The summed E-state index contributed by atoms with van der Waals surface area (Å²) in [6.07, 6.45) is -3.90. The topological polar surface area (TPSA) is 26.8 Å². The van der Waals surface area contributed by atoms with Crippen LogP contribution in [0.5, 0.6) is 0 Å². The van der Waals surface area contributed by atoms with Crippen LogP contribution in [0, 0.1) is 0 Å². The molecule has 0 N–H and O–H groups in total. The predicted molar refractivity (Wildman–Crippen MR) is 136 cm³/mol. The van der Waals surface area contributed by atoms with Gasteiger partial charge < -0.3 is 4.90 Å². The molecule has 1 unspecified atom stereocenters. The molecule has 36 heavy (non-hydrogen) atoms. The number of halogens is 3. The van der Waals surface area contributed by atoms with Crippen molar-refractivity contribution in [1.82, 2.24) is 9.91 Å². The van der Waals surface area contributed by atoms with Crippen molar-refractivity contribution >= 4 is 11.6 Å². The minimum atomic E-state index is -4.47. The Balaban J connectivity index is 1.79. The Morgan fingerprint density at radius 3 is 2.14 bits per heavy atom. The molecule has 1 aliphatic heterocycles. The van der Waals surface area contributed by atoms with Crippen molar-refractivity contribution < 1.29 is 18.0 Å². The number of para-hydroxylation sites is 1. The van der Waals surface area contributed by atoms with Crippen molar-refractivity contribution in [1.29, 1.82) is 0 Å². The molecule has 0 spiro atoms. The van der Waals surface area contributed by atoms with Gasteiger partial charge in [-0.15, -0.1) is 0 Å². The Kier molecular flexibility index (Phi) is 7.52. The molecular formula is C29H32F3N3O. The number of amides is 1. The van der Waals surface area contributed by atoms with Gasteiger partial charge in [-0.3, -0.25) is 4.79 Å². The summed E-state index contributed by atoms with van der Waals surface area (Å²) in [5.41, 5.74) is 0.979. The van der Waals surface area contributed by atoms with E-state index in [9.17, 15) is 18.0 Å². The van der Waals surface area contributed by atoms with Crippen LogP contribution in [0.15, 0.2) is 78.9 Å². The summed E-state index contributed by atoms with van der Waals surface area (Å²) >= 11 is 0. The maximum absolute atomic E-state index is 14.4. The largest absolute Gasteiger partial charge is 0.416 e. The van der Waals surface area contributed by atoms with Gasteiger partial charge in [0.25, 0.3) is 5.91 Å². The number of nitrogens with zero attached hydrogens (tertiary/aromatic N) is 3. The number of hydrogen-bond acceptors (Lipinski definition) is 3. The molecule has 7 heteroatoms. The highest BCUT2D eigenvalue weighted by Crippen LogP contribution is 2.49. The lowest BCUT2D eigenvalue weighted by Crippen LogP contribution is -2.49. The van der Waals surface area contributed by atoms with E-state index in [0.29, 0.717) is 12.1 Å². The van der Waals surface area contributed by atoms with Crippen LogP contribution in [0.4, 0.5) is 18.9 Å².